The Morgan fingerprint density at radius 1 is 1.05 bits per heavy atom. The molecule has 0 unspecified atom stereocenters. The van der Waals surface area contributed by atoms with Crippen molar-refractivity contribution in [3.05, 3.63) is 23.8 Å². The van der Waals surface area contributed by atoms with Crippen molar-refractivity contribution in [2.24, 2.45) is 0 Å². The first-order valence-corrected chi connectivity index (χ1v) is 7.80. The lowest BCUT2D eigenvalue weighted by Crippen LogP contribution is -2.07. The highest BCUT2D eigenvalue weighted by molar-refractivity contribution is 5.72. The molecule has 0 aliphatic heterocycles. The number of carbonyl (C=O) groups excluding carboxylic acids is 1. The van der Waals surface area contributed by atoms with Gasteiger partial charge in [0.2, 0.25) is 0 Å². The lowest BCUT2D eigenvalue weighted by Gasteiger charge is -2.07. The molecule has 0 saturated heterocycles. The van der Waals surface area contributed by atoms with Gasteiger partial charge < -0.3 is 14.9 Å². The number of aliphatic hydroxyl groups is 1. The van der Waals surface area contributed by atoms with Gasteiger partial charge in [0.05, 0.1) is 6.61 Å². The third-order valence-corrected chi connectivity index (χ3v) is 3.35. The molecule has 0 bridgehead atoms. The number of phenolic OH excluding ortho intramolecular Hbond substituents is 1. The Morgan fingerprint density at radius 2 is 1.71 bits per heavy atom. The number of benzene rings is 1. The van der Waals surface area contributed by atoms with E-state index >= 15 is 0 Å². The lowest BCUT2D eigenvalue weighted by molar-refractivity contribution is -0.134. The van der Waals surface area contributed by atoms with Crippen LogP contribution in [0.15, 0.2) is 18.2 Å². The van der Waals surface area contributed by atoms with Crippen LogP contribution >= 0.6 is 0 Å². The van der Waals surface area contributed by atoms with Gasteiger partial charge in [-0.1, -0.05) is 45.4 Å². The van der Waals surface area contributed by atoms with Crippen LogP contribution in [0.3, 0.4) is 0 Å². The van der Waals surface area contributed by atoms with Crippen molar-refractivity contribution in [2.45, 2.75) is 64.9 Å². The van der Waals surface area contributed by atoms with Crippen molar-refractivity contribution >= 4 is 5.97 Å². The molecule has 1 aromatic carbocycles. The van der Waals surface area contributed by atoms with Gasteiger partial charge in [0.25, 0.3) is 0 Å². The van der Waals surface area contributed by atoms with Gasteiger partial charge in [-0.2, -0.15) is 0 Å². The van der Waals surface area contributed by atoms with E-state index in [9.17, 15) is 9.90 Å². The second-order valence-electron chi connectivity index (χ2n) is 5.34. The largest absolute Gasteiger partial charge is 0.508 e. The molecule has 0 radical (unpaired) electrons. The van der Waals surface area contributed by atoms with Gasteiger partial charge in [-0.3, -0.25) is 4.79 Å². The summed E-state index contributed by atoms with van der Waals surface area (Å²) in [7, 11) is 0. The van der Waals surface area contributed by atoms with Crippen molar-refractivity contribution in [3.8, 4) is 11.5 Å². The predicted molar refractivity (Wildman–Crippen MR) is 82.3 cm³/mol. The van der Waals surface area contributed by atoms with E-state index in [1.54, 1.807) is 6.07 Å². The number of hydrogen-bond acceptors (Lipinski definition) is 4. The minimum absolute atomic E-state index is 0.0136. The van der Waals surface area contributed by atoms with E-state index in [4.69, 9.17) is 9.84 Å². The molecule has 0 fully saturated rings. The summed E-state index contributed by atoms with van der Waals surface area (Å²) in [5.41, 5.74) is 0.522. The fourth-order valence-corrected chi connectivity index (χ4v) is 2.20. The molecule has 0 saturated carbocycles. The van der Waals surface area contributed by atoms with Crippen LogP contribution in [-0.4, -0.2) is 16.2 Å². The summed E-state index contributed by atoms with van der Waals surface area (Å²) >= 11 is 0. The van der Waals surface area contributed by atoms with Crippen LogP contribution in [-0.2, 0) is 11.4 Å². The highest BCUT2D eigenvalue weighted by Gasteiger charge is 2.07. The maximum Gasteiger partial charge on any atom is 0.311 e. The Morgan fingerprint density at radius 3 is 2.38 bits per heavy atom. The highest BCUT2D eigenvalue weighted by Crippen LogP contribution is 2.22. The number of hydrogen-bond donors (Lipinski definition) is 2. The first kappa shape index (κ1) is 17.5. The van der Waals surface area contributed by atoms with Gasteiger partial charge >= 0.3 is 5.97 Å². The maximum atomic E-state index is 11.7. The SMILES string of the molecule is CCCCCCCCCC(=O)Oc1cc(O)cc(CO)c1. The smallest absolute Gasteiger partial charge is 0.311 e. The number of aliphatic hydroxyl groups excluding tert-OH is 1. The van der Waals surface area contributed by atoms with Crippen LogP contribution in [0.25, 0.3) is 0 Å². The Hall–Kier alpha value is -1.55. The fraction of sp³-hybridized carbons (Fsp3) is 0.588. The Labute approximate surface area is 126 Å². The Bertz CT molecular complexity index is 429. The molecule has 118 valence electrons. The predicted octanol–water partition coefficient (Wildman–Crippen LogP) is 3.93. The minimum atomic E-state index is -0.293. The maximum absolute atomic E-state index is 11.7. The summed E-state index contributed by atoms with van der Waals surface area (Å²) in [5, 5.41) is 18.5. The number of ether oxygens (including phenoxy) is 1. The molecule has 2 N–H and O–H groups in total. The lowest BCUT2D eigenvalue weighted by atomic mass is 10.1. The molecular weight excluding hydrogens is 268 g/mol. The molecule has 0 amide bonds. The van der Waals surface area contributed by atoms with E-state index in [2.05, 4.69) is 6.92 Å². The van der Waals surface area contributed by atoms with Crippen LogP contribution < -0.4 is 4.74 Å². The van der Waals surface area contributed by atoms with Crippen LogP contribution in [0.1, 0.15) is 63.9 Å². The molecule has 1 rings (SSSR count). The number of unbranched alkanes of at least 4 members (excludes halogenated alkanes) is 6. The summed E-state index contributed by atoms with van der Waals surface area (Å²) in [6.07, 6.45) is 8.45. The van der Waals surface area contributed by atoms with Crippen molar-refractivity contribution in [3.63, 3.8) is 0 Å². The average molecular weight is 294 g/mol. The van der Waals surface area contributed by atoms with Crippen molar-refractivity contribution in [2.75, 3.05) is 0 Å². The zero-order valence-corrected chi connectivity index (χ0v) is 12.8. The Balaban J connectivity index is 2.23. The molecule has 0 heterocycles. The van der Waals surface area contributed by atoms with Gasteiger partial charge in [-0.15, -0.1) is 0 Å². The van der Waals surface area contributed by atoms with Crippen molar-refractivity contribution in [1.29, 1.82) is 0 Å². The first-order valence-electron chi connectivity index (χ1n) is 7.80. The molecule has 0 aliphatic rings. The minimum Gasteiger partial charge on any atom is -0.508 e. The van der Waals surface area contributed by atoms with E-state index in [1.165, 1.54) is 37.8 Å². The summed E-state index contributed by atoms with van der Waals surface area (Å²) < 4.78 is 5.17. The standard InChI is InChI=1S/C17H26O4/c1-2-3-4-5-6-7-8-9-17(20)21-16-11-14(13-18)10-15(19)12-16/h10-12,18-19H,2-9,13H2,1H3. The van der Waals surface area contributed by atoms with Crippen molar-refractivity contribution in [1.82, 2.24) is 0 Å². The summed E-state index contributed by atoms with van der Waals surface area (Å²) in [6, 6.07) is 4.37. The normalized spacial score (nSPS) is 10.6. The quantitative estimate of drug-likeness (QED) is 0.390. The van der Waals surface area contributed by atoms with E-state index in [-0.39, 0.29) is 24.1 Å². The molecule has 0 atom stereocenters. The van der Waals surface area contributed by atoms with Gasteiger partial charge in [0, 0.05) is 12.5 Å². The fourth-order valence-electron chi connectivity index (χ4n) is 2.20. The van der Waals surface area contributed by atoms with Crippen LogP contribution in [0.4, 0.5) is 0 Å². The molecule has 4 heteroatoms. The summed E-state index contributed by atoms with van der Waals surface area (Å²) in [5.74, 6) is -0.0229. The zero-order valence-electron chi connectivity index (χ0n) is 12.8. The third-order valence-electron chi connectivity index (χ3n) is 3.35. The molecule has 0 aliphatic carbocycles. The summed E-state index contributed by atoms with van der Waals surface area (Å²) in [4.78, 5) is 11.7. The van der Waals surface area contributed by atoms with Gasteiger partial charge in [0.1, 0.15) is 11.5 Å². The number of phenols is 1. The van der Waals surface area contributed by atoms with E-state index in [0.29, 0.717) is 12.0 Å². The molecule has 0 spiro atoms. The third kappa shape index (κ3) is 7.71. The van der Waals surface area contributed by atoms with Gasteiger partial charge in [0.15, 0.2) is 0 Å². The highest BCUT2D eigenvalue weighted by atomic mass is 16.5. The first-order chi connectivity index (χ1) is 10.2. The number of carbonyl (C=O) groups is 1. The molecule has 1 aromatic rings. The van der Waals surface area contributed by atoms with Crippen LogP contribution in [0.5, 0.6) is 11.5 Å². The molecular formula is C17H26O4. The van der Waals surface area contributed by atoms with Crippen molar-refractivity contribution < 1.29 is 19.7 Å². The monoisotopic (exact) mass is 294 g/mol. The molecule has 21 heavy (non-hydrogen) atoms. The summed E-state index contributed by atoms with van der Waals surface area (Å²) in [6.45, 7) is 2.00. The van der Waals surface area contributed by atoms with Gasteiger partial charge in [-0.05, 0) is 24.1 Å². The van der Waals surface area contributed by atoms with Crippen LogP contribution in [0.2, 0.25) is 0 Å². The number of aromatic hydroxyl groups is 1. The topological polar surface area (TPSA) is 66.8 Å². The molecule has 4 nitrogen and oxygen atoms in total. The van der Waals surface area contributed by atoms with Crippen LogP contribution in [0, 0.1) is 0 Å². The number of esters is 1. The van der Waals surface area contributed by atoms with E-state index in [0.717, 1.165) is 19.3 Å². The molecule has 0 aromatic heterocycles. The van der Waals surface area contributed by atoms with E-state index in [1.807, 2.05) is 0 Å². The van der Waals surface area contributed by atoms with Gasteiger partial charge in [-0.25, -0.2) is 0 Å². The second kappa shape index (κ2) is 10.2. The van der Waals surface area contributed by atoms with E-state index < -0.39 is 0 Å². The number of rotatable bonds is 10. The average Bonchev–Trinajstić information content (AvgIpc) is 2.45. The Kier molecular flexibility index (Phi) is 8.51. The second-order valence-corrected chi connectivity index (χ2v) is 5.34. The zero-order chi connectivity index (χ0) is 15.5.